The van der Waals surface area contributed by atoms with Crippen molar-refractivity contribution in [3.8, 4) is 0 Å². The first-order chi connectivity index (χ1) is 8.61. The number of hydrogen-bond acceptors (Lipinski definition) is 1. The number of halogens is 1. The van der Waals surface area contributed by atoms with Crippen molar-refractivity contribution in [3.05, 3.63) is 35.6 Å². The van der Waals surface area contributed by atoms with Crippen molar-refractivity contribution in [2.24, 2.45) is 0 Å². The van der Waals surface area contributed by atoms with Gasteiger partial charge in [0.15, 0.2) is 6.04 Å². The Labute approximate surface area is 107 Å². The number of likely N-dealkylation sites (N-methyl/N-ethyl adjacent to an activating group) is 1. The highest BCUT2D eigenvalue weighted by molar-refractivity contribution is 5.79. The molecule has 1 aliphatic carbocycles. The van der Waals surface area contributed by atoms with E-state index in [1.807, 2.05) is 6.92 Å². The van der Waals surface area contributed by atoms with Crippen LogP contribution in [0.3, 0.4) is 0 Å². The zero-order valence-electron chi connectivity index (χ0n) is 10.9. The third-order valence-corrected chi connectivity index (χ3v) is 3.62. The van der Waals surface area contributed by atoms with Crippen LogP contribution >= 0.6 is 0 Å². The molecule has 1 aliphatic rings. The molecule has 1 amide bonds. The molecular weight excluding hydrogens is 231 g/mol. The van der Waals surface area contributed by atoms with Gasteiger partial charge in [-0.25, -0.2) is 4.39 Å². The van der Waals surface area contributed by atoms with Gasteiger partial charge in [-0.2, -0.15) is 0 Å². The highest BCUT2D eigenvalue weighted by atomic mass is 19.1. The summed E-state index contributed by atoms with van der Waals surface area (Å²) in [6.07, 6.45) is 2.36. The number of nitrogens with one attached hydrogen (secondary N) is 2. The summed E-state index contributed by atoms with van der Waals surface area (Å²) in [5.74, 6) is -0.148. The van der Waals surface area contributed by atoms with Crippen LogP contribution in [-0.2, 0) is 11.3 Å². The Bertz CT molecular complexity index is 414. The van der Waals surface area contributed by atoms with Gasteiger partial charge < -0.3 is 10.2 Å². The standard InChI is InChI=1S/C14H19FN2O/c1-10(14(18)16-2)17(13-7-8-13)9-11-3-5-12(15)6-4-11/h3-6,10,13H,7-9H2,1-2H3,(H,16,18)/p+1/t10-/m0/s1. The van der Waals surface area contributed by atoms with Gasteiger partial charge in [0.25, 0.3) is 5.91 Å². The van der Waals surface area contributed by atoms with Crippen molar-refractivity contribution in [1.29, 1.82) is 0 Å². The number of hydrogen-bond donors (Lipinski definition) is 2. The third kappa shape index (κ3) is 3.07. The lowest BCUT2D eigenvalue weighted by molar-refractivity contribution is -0.938. The van der Waals surface area contributed by atoms with Crippen LogP contribution in [0.15, 0.2) is 24.3 Å². The molecule has 1 aromatic carbocycles. The maximum Gasteiger partial charge on any atom is 0.277 e. The SMILES string of the molecule is CNC(=O)[C@H](C)[NH+](Cc1ccc(F)cc1)C1CC1. The van der Waals surface area contributed by atoms with Crippen molar-refractivity contribution in [1.82, 2.24) is 5.32 Å². The van der Waals surface area contributed by atoms with Gasteiger partial charge in [-0.1, -0.05) is 12.1 Å². The van der Waals surface area contributed by atoms with Crippen molar-refractivity contribution < 1.29 is 14.1 Å². The molecule has 0 radical (unpaired) electrons. The second kappa shape index (κ2) is 5.48. The van der Waals surface area contributed by atoms with Crippen LogP contribution in [0.25, 0.3) is 0 Å². The summed E-state index contributed by atoms with van der Waals surface area (Å²) in [5, 5.41) is 2.70. The van der Waals surface area contributed by atoms with Crippen molar-refractivity contribution in [2.45, 2.75) is 38.4 Å². The van der Waals surface area contributed by atoms with E-state index in [1.54, 1.807) is 19.2 Å². The molecule has 0 heterocycles. The van der Waals surface area contributed by atoms with Crippen molar-refractivity contribution in [2.75, 3.05) is 7.05 Å². The summed E-state index contributed by atoms with van der Waals surface area (Å²) in [7, 11) is 1.67. The zero-order chi connectivity index (χ0) is 13.1. The number of carbonyl (C=O) groups excluding carboxylic acids is 1. The van der Waals surface area contributed by atoms with E-state index in [9.17, 15) is 9.18 Å². The lowest BCUT2D eigenvalue weighted by atomic mass is 10.1. The van der Waals surface area contributed by atoms with Gasteiger partial charge in [-0.3, -0.25) is 4.79 Å². The maximum atomic E-state index is 12.9. The van der Waals surface area contributed by atoms with Crippen LogP contribution in [-0.4, -0.2) is 25.0 Å². The van der Waals surface area contributed by atoms with Crippen LogP contribution in [0.4, 0.5) is 4.39 Å². The van der Waals surface area contributed by atoms with Gasteiger partial charge in [-0.15, -0.1) is 0 Å². The van der Waals surface area contributed by atoms with Gasteiger partial charge in [0, 0.05) is 25.5 Å². The summed E-state index contributed by atoms with van der Waals surface area (Å²) in [6.45, 7) is 2.73. The van der Waals surface area contributed by atoms with Crippen LogP contribution in [0.2, 0.25) is 0 Å². The van der Waals surface area contributed by atoms with E-state index in [0.717, 1.165) is 12.1 Å². The lowest BCUT2D eigenvalue weighted by Crippen LogP contribution is -3.16. The fraction of sp³-hybridized carbons (Fsp3) is 0.500. The molecule has 2 N–H and O–H groups in total. The minimum Gasteiger partial charge on any atom is -0.354 e. The van der Waals surface area contributed by atoms with Crippen LogP contribution in [0.5, 0.6) is 0 Å². The van der Waals surface area contributed by atoms with E-state index in [-0.39, 0.29) is 17.8 Å². The molecule has 0 spiro atoms. The molecule has 2 rings (SSSR count). The highest BCUT2D eigenvalue weighted by Gasteiger charge is 2.38. The van der Waals surface area contributed by atoms with Gasteiger partial charge in [0.05, 0.1) is 6.04 Å². The fourth-order valence-corrected chi connectivity index (χ4v) is 2.33. The second-order valence-electron chi connectivity index (χ2n) is 4.99. The highest BCUT2D eigenvalue weighted by Crippen LogP contribution is 2.16. The summed E-state index contributed by atoms with van der Waals surface area (Å²) >= 11 is 0. The topological polar surface area (TPSA) is 33.5 Å². The number of rotatable bonds is 5. The molecule has 0 bridgehead atoms. The van der Waals surface area contributed by atoms with E-state index in [0.29, 0.717) is 6.04 Å². The molecule has 1 unspecified atom stereocenters. The molecule has 1 fully saturated rings. The first-order valence-corrected chi connectivity index (χ1v) is 6.43. The number of carbonyl (C=O) groups is 1. The first kappa shape index (κ1) is 13.0. The quantitative estimate of drug-likeness (QED) is 0.785. The predicted octanol–water partition coefficient (Wildman–Crippen LogP) is 0.508. The van der Waals surface area contributed by atoms with E-state index >= 15 is 0 Å². The molecule has 4 heteroatoms. The maximum absolute atomic E-state index is 12.9. The minimum atomic E-state index is -0.217. The van der Waals surface area contributed by atoms with E-state index in [4.69, 9.17) is 0 Å². The zero-order valence-corrected chi connectivity index (χ0v) is 10.9. The van der Waals surface area contributed by atoms with E-state index in [1.165, 1.54) is 29.9 Å². The smallest absolute Gasteiger partial charge is 0.277 e. The van der Waals surface area contributed by atoms with Crippen LogP contribution in [0.1, 0.15) is 25.3 Å². The molecule has 0 saturated heterocycles. The number of quaternary nitrogens is 1. The minimum absolute atomic E-state index is 0.0625. The van der Waals surface area contributed by atoms with Crippen LogP contribution < -0.4 is 10.2 Å². The molecule has 1 aromatic rings. The van der Waals surface area contributed by atoms with Crippen molar-refractivity contribution in [3.63, 3.8) is 0 Å². The largest absolute Gasteiger partial charge is 0.354 e. The Morgan fingerprint density at radius 2 is 2.06 bits per heavy atom. The molecule has 0 aliphatic heterocycles. The van der Waals surface area contributed by atoms with Gasteiger partial charge >= 0.3 is 0 Å². The Balaban J connectivity index is 2.06. The molecule has 3 nitrogen and oxygen atoms in total. The number of amides is 1. The van der Waals surface area contributed by atoms with Gasteiger partial charge in [-0.05, 0) is 19.1 Å². The Kier molecular flexibility index (Phi) is 3.97. The Morgan fingerprint density at radius 3 is 2.56 bits per heavy atom. The number of benzene rings is 1. The predicted molar refractivity (Wildman–Crippen MR) is 67.6 cm³/mol. The normalized spacial score (nSPS) is 18.2. The molecule has 18 heavy (non-hydrogen) atoms. The molecule has 98 valence electrons. The molecular formula is C14H20FN2O+. The van der Waals surface area contributed by atoms with Crippen LogP contribution in [0, 0.1) is 5.82 Å². The third-order valence-electron chi connectivity index (χ3n) is 3.62. The van der Waals surface area contributed by atoms with Gasteiger partial charge in [0.2, 0.25) is 0 Å². The molecule has 2 atom stereocenters. The molecule has 1 saturated carbocycles. The monoisotopic (exact) mass is 251 g/mol. The average molecular weight is 251 g/mol. The van der Waals surface area contributed by atoms with E-state index in [2.05, 4.69) is 5.32 Å². The summed E-state index contributed by atoms with van der Waals surface area (Å²) in [5.41, 5.74) is 1.08. The summed E-state index contributed by atoms with van der Waals surface area (Å²) in [6, 6.07) is 7.06. The summed E-state index contributed by atoms with van der Waals surface area (Å²) < 4.78 is 12.9. The summed E-state index contributed by atoms with van der Waals surface area (Å²) in [4.78, 5) is 13.0. The second-order valence-corrected chi connectivity index (χ2v) is 4.99. The Morgan fingerprint density at radius 1 is 1.44 bits per heavy atom. The first-order valence-electron chi connectivity index (χ1n) is 6.43. The lowest BCUT2D eigenvalue weighted by Gasteiger charge is -2.25. The average Bonchev–Trinajstić information content (AvgIpc) is 3.20. The van der Waals surface area contributed by atoms with Crippen molar-refractivity contribution >= 4 is 5.91 Å². The van der Waals surface area contributed by atoms with Gasteiger partial charge in [0.1, 0.15) is 12.4 Å². The molecule has 0 aromatic heterocycles. The Hall–Kier alpha value is -1.42. The fourth-order valence-electron chi connectivity index (χ4n) is 2.33. The van der Waals surface area contributed by atoms with E-state index < -0.39 is 0 Å².